The van der Waals surface area contributed by atoms with Crippen LogP contribution in [-0.4, -0.2) is 6.04 Å². The minimum absolute atomic E-state index is 0.526. The van der Waals surface area contributed by atoms with Gasteiger partial charge >= 0.3 is 0 Å². The maximum atomic E-state index is 3.44. The number of nitrogens with one attached hydrogen (secondary N) is 1. The molecule has 0 unspecified atom stereocenters. The van der Waals surface area contributed by atoms with Gasteiger partial charge in [-0.05, 0) is 41.3 Å². The molecule has 0 radical (unpaired) electrons. The first-order valence-corrected chi connectivity index (χ1v) is 8.46. The van der Waals surface area contributed by atoms with E-state index in [1.54, 1.807) is 0 Å². The van der Waals surface area contributed by atoms with Crippen LogP contribution in [0.2, 0.25) is 0 Å². The number of rotatable bonds is 6. The average Bonchev–Trinajstić information content (AvgIpc) is 2.47. The van der Waals surface area contributed by atoms with Crippen molar-refractivity contribution in [2.24, 2.45) is 0 Å². The van der Waals surface area contributed by atoms with Crippen LogP contribution >= 0.6 is 11.8 Å². The van der Waals surface area contributed by atoms with E-state index in [0.29, 0.717) is 12.0 Å². The summed E-state index contributed by atoms with van der Waals surface area (Å²) >= 11 is 1.82. The zero-order valence-electron chi connectivity index (χ0n) is 13.4. The van der Waals surface area contributed by atoms with Gasteiger partial charge in [-0.1, -0.05) is 63.7 Å². The Kier molecular flexibility index (Phi) is 5.89. The van der Waals surface area contributed by atoms with Gasteiger partial charge < -0.3 is 5.32 Å². The van der Waals surface area contributed by atoms with Crippen molar-refractivity contribution in [1.29, 1.82) is 0 Å². The molecule has 0 bridgehead atoms. The Bertz CT molecular complexity index is 541. The van der Waals surface area contributed by atoms with Crippen molar-refractivity contribution in [3.63, 3.8) is 0 Å². The van der Waals surface area contributed by atoms with Crippen LogP contribution in [0.1, 0.15) is 44.7 Å². The molecule has 0 heterocycles. The first kappa shape index (κ1) is 16.1. The van der Waals surface area contributed by atoms with E-state index in [1.807, 2.05) is 11.8 Å². The van der Waals surface area contributed by atoms with E-state index in [4.69, 9.17) is 0 Å². The van der Waals surface area contributed by atoms with Gasteiger partial charge in [0.2, 0.25) is 0 Å². The van der Waals surface area contributed by atoms with Crippen LogP contribution < -0.4 is 5.32 Å². The van der Waals surface area contributed by atoms with Gasteiger partial charge in [0.05, 0.1) is 0 Å². The smallest absolute Gasteiger partial charge is 0.0207 e. The molecule has 21 heavy (non-hydrogen) atoms. The van der Waals surface area contributed by atoms with E-state index >= 15 is 0 Å². The number of hydrogen-bond acceptors (Lipinski definition) is 2. The highest BCUT2D eigenvalue weighted by atomic mass is 32.2. The molecule has 0 aliphatic carbocycles. The summed E-state index contributed by atoms with van der Waals surface area (Å²) in [4.78, 5) is 2.59. The van der Waals surface area contributed by atoms with Gasteiger partial charge in [-0.2, -0.15) is 0 Å². The first-order chi connectivity index (χ1) is 10.0. The minimum Gasteiger partial charge on any atom is -0.310 e. The summed E-state index contributed by atoms with van der Waals surface area (Å²) in [5, 5.41) is 3.44. The summed E-state index contributed by atoms with van der Waals surface area (Å²) in [6, 6.07) is 18.3. The molecule has 1 nitrogen and oxygen atoms in total. The van der Waals surface area contributed by atoms with E-state index < -0.39 is 0 Å². The zero-order chi connectivity index (χ0) is 15.2. The topological polar surface area (TPSA) is 12.0 Å². The normalized spacial score (nSPS) is 11.3. The Hall–Kier alpha value is -1.25. The lowest BCUT2D eigenvalue weighted by molar-refractivity contribution is 0.588. The third kappa shape index (κ3) is 5.22. The van der Waals surface area contributed by atoms with E-state index in [2.05, 4.69) is 81.5 Å². The summed E-state index contributed by atoms with van der Waals surface area (Å²) in [5.74, 6) is 0.594. The molecule has 0 fully saturated rings. The fraction of sp³-hybridized carbons (Fsp3) is 0.368. The first-order valence-electron chi connectivity index (χ1n) is 7.64. The monoisotopic (exact) mass is 299 g/mol. The van der Waals surface area contributed by atoms with Crippen LogP contribution in [0.15, 0.2) is 58.3 Å². The Morgan fingerprint density at radius 2 is 1.33 bits per heavy atom. The van der Waals surface area contributed by atoms with Gasteiger partial charge in [-0.15, -0.1) is 0 Å². The van der Waals surface area contributed by atoms with Crippen molar-refractivity contribution in [2.45, 2.75) is 56.0 Å². The van der Waals surface area contributed by atoms with Crippen molar-refractivity contribution in [3.05, 3.63) is 59.7 Å². The second kappa shape index (κ2) is 7.67. The van der Waals surface area contributed by atoms with Gasteiger partial charge in [-0.3, -0.25) is 0 Å². The molecule has 0 aliphatic heterocycles. The van der Waals surface area contributed by atoms with E-state index in [0.717, 1.165) is 6.54 Å². The SMILES string of the molecule is CC(C)NCc1ccc(Sc2ccc(C(C)C)cc2)cc1. The van der Waals surface area contributed by atoms with Gasteiger partial charge in [0.25, 0.3) is 0 Å². The lowest BCUT2D eigenvalue weighted by Gasteiger charge is -2.09. The molecule has 1 N–H and O–H groups in total. The lowest BCUT2D eigenvalue weighted by atomic mass is 10.0. The van der Waals surface area contributed by atoms with Gasteiger partial charge in [-0.25, -0.2) is 0 Å². The third-order valence-corrected chi connectivity index (χ3v) is 4.44. The molecule has 0 aliphatic rings. The molecular formula is C19H25NS. The molecule has 0 saturated heterocycles. The summed E-state index contributed by atoms with van der Waals surface area (Å²) < 4.78 is 0. The molecule has 2 rings (SSSR count). The molecule has 0 amide bonds. The number of hydrogen-bond donors (Lipinski definition) is 1. The molecule has 0 spiro atoms. The summed E-state index contributed by atoms with van der Waals surface area (Å²) in [6.45, 7) is 9.74. The maximum absolute atomic E-state index is 3.44. The van der Waals surface area contributed by atoms with Crippen LogP contribution in [0.4, 0.5) is 0 Å². The van der Waals surface area contributed by atoms with Crippen molar-refractivity contribution in [1.82, 2.24) is 5.32 Å². The van der Waals surface area contributed by atoms with E-state index in [1.165, 1.54) is 20.9 Å². The average molecular weight is 299 g/mol. The lowest BCUT2D eigenvalue weighted by Crippen LogP contribution is -2.21. The van der Waals surface area contributed by atoms with Crippen LogP contribution in [0, 0.1) is 0 Å². The second-order valence-corrected chi connectivity index (χ2v) is 7.15. The van der Waals surface area contributed by atoms with Crippen LogP contribution in [0.5, 0.6) is 0 Å². The predicted octanol–water partition coefficient (Wildman–Crippen LogP) is 5.46. The van der Waals surface area contributed by atoms with Crippen molar-refractivity contribution in [2.75, 3.05) is 0 Å². The molecule has 0 atom stereocenters. The fourth-order valence-corrected chi connectivity index (χ4v) is 2.87. The third-order valence-electron chi connectivity index (χ3n) is 3.42. The number of benzene rings is 2. The van der Waals surface area contributed by atoms with Crippen LogP contribution in [0.25, 0.3) is 0 Å². The van der Waals surface area contributed by atoms with Crippen molar-refractivity contribution >= 4 is 11.8 Å². The zero-order valence-corrected chi connectivity index (χ0v) is 14.2. The highest BCUT2D eigenvalue weighted by Gasteiger charge is 2.01. The quantitative estimate of drug-likeness (QED) is 0.760. The minimum atomic E-state index is 0.526. The second-order valence-electron chi connectivity index (χ2n) is 6.01. The fourth-order valence-electron chi connectivity index (χ4n) is 2.05. The summed E-state index contributed by atoms with van der Waals surface area (Å²) in [6.07, 6.45) is 0. The molecule has 2 heteroatoms. The Labute approximate surface area is 133 Å². The Morgan fingerprint density at radius 1 is 0.810 bits per heavy atom. The molecule has 0 aromatic heterocycles. The maximum Gasteiger partial charge on any atom is 0.0207 e. The largest absolute Gasteiger partial charge is 0.310 e. The summed E-state index contributed by atoms with van der Waals surface area (Å²) in [7, 11) is 0. The standard InChI is InChI=1S/C19H25NS/c1-14(2)17-7-11-19(12-8-17)21-18-9-5-16(6-10-18)13-20-15(3)4/h5-12,14-15,20H,13H2,1-4H3. The van der Waals surface area contributed by atoms with Gasteiger partial charge in [0, 0.05) is 22.4 Å². The molecular weight excluding hydrogens is 274 g/mol. The molecule has 2 aromatic carbocycles. The Balaban J connectivity index is 1.96. The van der Waals surface area contributed by atoms with Gasteiger partial charge in [0.15, 0.2) is 0 Å². The molecule has 0 saturated carbocycles. The highest BCUT2D eigenvalue weighted by molar-refractivity contribution is 7.99. The Morgan fingerprint density at radius 3 is 1.81 bits per heavy atom. The molecule has 2 aromatic rings. The van der Waals surface area contributed by atoms with E-state index in [9.17, 15) is 0 Å². The van der Waals surface area contributed by atoms with Crippen molar-refractivity contribution in [3.8, 4) is 0 Å². The van der Waals surface area contributed by atoms with E-state index in [-0.39, 0.29) is 0 Å². The highest BCUT2D eigenvalue weighted by Crippen LogP contribution is 2.29. The van der Waals surface area contributed by atoms with Crippen LogP contribution in [0.3, 0.4) is 0 Å². The molecule has 112 valence electrons. The summed E-state index contributed by atoms with van der Waals surface area (Å²) in [5.41, 5.74) is 2.73. The predicted molar refractivity (Wildman–Crippen MR) is 93.1 cm³/mol. The van der Waals surface area contributed by atoms with Crippen LogP contribution in [-0.2, 0) is 6.54 Å². The van der Waals surface area contributed by atoms with Gasteiger partial charge in [0.1, 0.15) is 0 Å². The van der Waals surface area contributed by atoms with Crippen molar-refractivity contribution < 1.29 is 0 Å².